The molecule has 1 fully saturated rings. The van der Waals surface area contributed by atoms with E-state index in [2.05, 4.69) is 21.6 Å². The molecule has 0 spiro atoms. The summed E-state index contributed by atoms with van der Waals surface area (Å²) in [6, 6.07) is 0.452. The van der Waals surface area contributed by atoms with E-state index in [4.69, 9.17) is 0 Å². The number of hydrogen-bond acceptors (Lipinski definition) is 4. The van der Waals surface area contributed by atoms with E-state index < -0.39 is 34.5 Å². The molecule has 31 heavy (non-hydrogen) atoms. The fraction of sp³-hybridized carbons (Fsp3) is 0.381. The molecule has 3 heterocycles. The number of aromatic nitrogens is 4. The Bertz CT molecular complexity index is 1160. The number of rotatable bonds is 3. The molecule has 4 rings (SSSR count). The number of hydrogen-bond donors (Lipinski definition) is 0. The van der Waals surface area contributed by atoms with Gasteiger partial charge in [0, 0.05) is 37.5 Å². The Morgan fingerprint density at radius 1 is 1.16 bits per heavy atom. The largest absolute Gasteiger partial charge is 0.419 e. The predicted octanol–water partition coefficient (Wildman–Crippen LogP) is 5.04. The summed E-state index contributed by atoms with van der Waals surface area (Å²) < 4.78 is 70.0. The third-order valence-corrected chi connectivity index (χ3v) is 5.70. The van der Waals surface area contributed by atoms with Gasteiger partial charge in [0.05, 0.1) is 10.9 Å². The molecule has 0 radical (unpaired) electrons. The van der Waals surface area contributed by atoms with Gasteiger partial charge in [0.2, 0.25) is 5.95 Å². The third-order valence-electron chi connectivity index (χ3n) is 5.70. The van der Waals surface area contributed by atoms with Crippen LogP contribution in [0.2, 0.25) is 0 Å². The molecule has 0 saturated carbocycles. The van der Waals surface area contributed by atoms with Gasteiger partial charge in [0.25, 0.3) is 0 Å². The Labute approximate surface area is 175 Å². The summed E-state index contributed by atoms with van der Waals surface area (Å²) in [4.78, 5) is 10.9. The van der Waals surface area contributed by atoms with Crippen LogP contribution in [0, 0.1) is 24.5 Å². The Balaban J connectivity index is 1.80. The third kappa shape index (κ3) is 3.64. The number of benzene rings is 1. The lowest BCUT2D eigenvalue weighted by molar-refractivity contribution is -0.140. The van der Waals surface area contributed by atoms with Gasteiger partial charge < -0.3 is 4.90 Å². The summed E-state index contributed by atoms with van der Waals surface area (Å²) in [7, 11) is 1.56. The zero-order valence-corrected chi connectivity index (χ0v) is 17.0. The average Bonchev–Trinajstić information content (AvgIpc) is 3.07. The summed E-state index contributed by atoms with van der Waals surface area (Å²) in [6.45, 7) is 6.28. The quantitative estimate of drug-likeness (QED) is 0.426. The van der Waals surface area contributed by atoms with E-state index in [1.54, 1.807) is 7.05 Å². The highest BCUT2D eigenvalue weighted by molar-refractivity contribution is 5.91. The van der Waals surface area contributed by atoms with E-state index in [0.717, 1.165) is 32.9 Å². The van der Waals surface area contributed by atoms with Crippen molar-refractivity contribution in [2.45, 2.75) is 25.9 Å². The van der Waals surface area contributed by atoms with E-state index in [1.165, 1.54) is 10.9 Å². The molecule has 1 saturated heterocycles. The summed E-state index contributed by atoms with van der Waals surface area (Å²) >= 11 is 0. The zero-order chi connectivity index (χ0) is 22.5. The van der Waals surface area contributed by atoms with Crippen molar-refractivity contribution in [3.8, 4) is 11.3 Å². The first-order chi connectivity index (χ1) is 14.6. The molecule has 164 valence electrons. The Kier molecular flexibility index (Phi) is 5.18. The van der Waals surface area contributed by atoms with E-state index in [0.29, 0.717) is 23.6 Å². The number of allylic oxidation sites excluding steroid dienone is 1. The Hall–Kier alpha value is -3.04. The number of nitrogens with zero attached hydrogens (tertiary/aromatic N) is 5. The first kappa shape index (κ1) is 21.2. The monoisotopic (exact) mass is 437 g/mol. The van der Waals surface area contributed by atoms with Gasteiger partial charge in [-0.25, -0.2) is 18.4 Å². The lowest BCUT2D eigenvalue weighted by Crippen LogP contribution is -2.34. The number of aryl methyl sites for hydroxylation is 1. The molecule has 0 unspecified atom stereocenters. The van der Waals surface area contributed by atoms with Crippen LogP contribution in [0.5, 0.6) is 0 Å². The molecule has 3 aromatic rings. The molecule has 0 N–H and O–H groups in total. The SMILES string of the molecule is C=CC1CCN(c2ncc3c(-c4cc(C(F)(F)F)c(F)c(C)c4F)nn(C)c3n2)CC1. The number of alkyl halides is 3. The minimum absolute atomic E-state index is 0.0690. The second-order valence-electron chi connectivity index (χ2n) is 7.66. The molecule has 0 atom stereocenters. The zero-order valence-electron chi connectivity index (χ0n) is 17.0. The fourth-order valence-electron chi connectivity index (χ4n) is 3.87. The summed E-state index contributed by atoms with van der Waals surface area (Å²) in [6.07, 6.45) is 0.223. The van der Waals surface area contributed by atoms with Crippen LogP contribution in [0.15, 0.2) is 24.9 Å². The molecular weight excluding hydrogens is 417 g/mol. The molecule has 2 aromatic heterocycles. The van der Waals surface area contributed by atoms with Crippen molar-refractivity contribution in [1.82, 2.24) is 19.7 Å². The van der Waals surface area contributed by atoms with Crippen molar-refractivity contribution in [3.63, 3.8) is 0 Å². The molecular formula is C21H20F5N5. The van der Waals surface area contributed by atoms with Crippen LogP contribution in [-0.4, -0.2) is 32.8 Å². The molecule has 1 aliphatic rings. The summed E-state index contributed by atoms with van der Waals surface area (Å²) in [5.74, 6) is -1.82. The van der Waals surface area contributed by atoms with Gasteiger partial charge in [-0.05, 0) is 31.7 Å². The maximum Gasteiger partial charge on any atom is 0.419 e. The fourth-order valence-corrected chi connectivity index (χ4v) is 3.87. The van der Waals surface area contributed by atoms with Crippen LogP contribution in [-0.2, 0) is 13.2 Å². The molecule has 1 aliphatic heterocycles. The van der Waals surface area contributed by atoms with Gasteiger partial charge in [-0.2, -0.15) is 23.3 Å². The topological polar surface area (TPSA) is 46.8 Å². The Morgan fingerprint density at radius 3 is 2.45 bits per heavy atom. The first-order valence-electron chi connectivity index (χ1n) is 9.75. The molecule has 10 heteroatoms. The van der Waals surface area contributed by atoms with Gasteiger partial charge in [-0.3, -0.25) is 0 Å². The van der Waals surface area contributed by atoms with Crippen molar-refractivity contribution >= 4 is 17.0 Å². The lowest BCUT2D eigenvalue weighted by Gasteiger charge is -2.30. The summed E-state index contributed by atoms with van der Waals surface area (Å²) in [5, 5.41) is 4.46. The normalized spacial score (nSPS) is 15.6. The second-order valence-corrected chi connectivity index (χ2v) is 7.66. The molecule has 0 aliphatic carbocycles. The first-order valence-corrected chi connectivity index (χ1v) is 9.75. The number of fused-ring (bicyclic) bond motifs is 1. The lowest BCUT2D eigenvalue weighted by atomic mass is 9.97. The molecule has 0 amide bonds. The van der Waals surface area contributed by atoms with E-state index in [9.17, 15) is 22.0 Å². The highest BCUT2D eigenvalue weighted by Crippen LogP contribution is 2.39. The highest BCUT2D eigenvalue weighted by atomic mass is 19.4. The predicted molar refractivity (Wildman–Crippen MR) is 107 cm³/mol. The average molecular weight is 437 g/mol. The minimum Gasteiger partial charge on any atom is -0.341 e. The van der Waals surface area contributed by atoms with Crippen LogP contribution in [0.4, 0.5) is 27.9 Å². The molecule has 5 nitrogen and oxygen atoms in total. The van der Waals surface area contributed by atoms with Gasteiger partial charge in [-0.15, -0.1) is 6.58 Å². The number of halogens is 5. The summed E-state index contributed by atoms with van der Waals surface area (Å²) in [5.41, 5.74) is -2.42. The van der Waals surface area contributed by atoms with E-state index in [-0.39, 0.29) is 11.1 Å². The van der Waals surface area contributed by atoms with Gasteiger partial charge in [-0.1, -0.05) is 6.08 Å². The molecule has 1 aromatic carbocycles. The highest BCUT2D eigenvalue weighted by Gasteiger charge is 2.37. The maximum absolute atomic E-state index is 14.8. The van der Waals surface area contributed by atoms with E-state index in [1.807, 2.05) is 11.0 Å². The van der Waals surface area contributed by atoms with Crippen LogP contribution in [0.25, 0.3) is 22.3 Å². The smallest absolute Gasteiger partial charge is 0.341 e. The minimum atomic E-state index is -4.97. The number of piperidine rings is 1. The van der Waals surface area contributed by atoms with Crippen molar-refractivity contribution in [1.29, 1.82) is 0 Å². The van der Waals surface area contributed by atoms with E-state index >= 15 is 0 Å². The van der Waals surface area contributed by atoms with Crippen molar-refractivity contribution in [3.05, 3.63) is 47.7 Å². The maximum atomic E-state index is 14.8. The molecule has 0 bridgehead atoms. The van der Waals surface area contributed by atoms with Crippen molar-refractivity contribution in [2.24, 2.45) is 13.0 Å². The van der Waals surface area contributed by atoms with Crippen LogP contribution in [0.3, 0.4) is 0 Å². The van der Waals surface area contributed by atoms with Crippen molar-refractivity contribution < 1.29 is 22.0 Å². The van der Waals surface area contributed by atoms with Gasteiger partial charge in [0.1, 0.15) is 17.3 Å². The standard InChI is InChI=1S/C21H20F5N5/c1-4-12-5-7-31(8-6-12)20-27-10-14-18(29-30(3)19(14)28-20)13-9-15(21(24,25)26)17(23)11(2)16(13)22/h4,9-10,12H,1,5-8H2,2-3H3. The van der Waals surface area contributed by atoms with Crippen LogP contribution < -0.4 is 4.90 Å². The number of anilines is 1. The van der Waals surface area contributed by atoms with Gasteiger partial charge in [0.15, 0.2) is 5.65 Å². The van der Waals surface area contributed by atoms with Crippen molar-refractivity contribution in [2.75, 3.05) is 18.0 Å². The van der Waals surface area contributed by atoms with Gasteiger partial charge >= 0.3 is 6.18 Å². The van der Waals surface area contributed by atoms with Crippen LogP contribution >= 0.6 is 0 Å². The van der Waals surface area contributed by atoms with Crippen LogP contribution in [0.1, 0.15) is 24.0 Å². The second kappa shape index (κ2) is 7.58. The Morgan fingerprint density at radius 2 is 1.84 bits per heavy atom.